The van der Waals surface area contributed by atoms with Gasteiger partial charge >= 0.3 is 0 Å². The molecule has 1 aliphatic heterocycles. The first-order chi connectivity index (χ1) is 15.7. The van der Waals surface area contributed by atoms with E-state index in [1.54, 1.807) is 0 Å². The minimum Gasteiger partial charge on any atom is -0.259 e. The predicted octanol–water partition coefficient (Wildman–Crippen LogP) is 7.00. The van der Waals surface area contributed by atoms with Crippen molar-refractivity contribution in [3.8, 4) is 11.4 Å². The molecule has 0 spiro atoms. The van der Waals surface area contributed by atoms with Gasteiger partial charge in [-0.1, -0.05) is 101 Å². The Morgan fingerprint density at radius 2 is 1.44 bits per heavy atom. The maximum absolute atomic E-state index is 6.54. The molecule has 2 heterocycles. The quantitative estimate of drug-likeness (QED) is 0.292. The number of hydrogen-bond acceptors (Lipinski definition) is 4. The Bertz CT molecular complexity index is 1230. The molecule has 0 amide bonds. The molecule has 32 heavy (non-hydrogen) atoms. The minimum atomic E-state index is -0.192. The van der Waals surface area contributed by atoms with Crippen LogP contribution in [0, 0.1) is 6.92 Å². The molecule has 158 valence electrons. The summed E-state index contributed by atoms with van der Waals surface area (Å²) < 4.78 is 1.02. The van der Waals surface area contributed by atoms with E-state index >= 15 is 0 Å². The highest BCUT2D eigenvalue weighted by Crippen LogP contribution is 2.37. The number of anilines is 1. The predicted molar refractivity (Wildman–Crippen MR) is 131 cm³/mol. The second-order valence-electron chi connectivity index (χ2n) is 7.70. The molecule has 0 N–H and O–H groups in total. The van der Waals surface area contributed by atoms with Crippen LogP contribution in [-0.2, 0) is 4.84 Å². The Hall–Kier alpha value is -3.28. The molecule has 0 saturated heterocycles. The van der Waals surface area contributed by atoms with Gasteiger partial charge in [-0.3, -0.25) is 4.84 Å². The van der Waals surface area contributed by atoms with Gasteiger partial charge in [-0.25, -0.2) is 15.0 Å². The molecule has 5 rings (SSSR count). The van der Waals surface area contributed by atoms with E-state index < -0.39 is 0 Å². The van der Waals surface area contributed by atoms with Gasteiger partial charge < -0.3 is 0 Å². The highest BCUT2D eigenvalue weighted by Gasteiger charge is 2.29. The van der Waals surface area contributed by atoms with E-state index in [4.69, 9.17) is 9.82 Å². The van der Waals surface area contributed by atoms with Crippen LogP contribution < -0.4 is 5.06 Å². The summed E-state index contributed by atoms with van der Waals surface area (Å²) in [5.74, 6) is 1.41. The van der Waals surface area contributed by atoms with Crippen molar-refractivity contribution < 1.29 is 4.84 Å². The van der Waals surface area contributed by atoms with Crippen molar-refractivity contribution >= 4 is 21.7 Å². The SMILES string of the molecule is Cc1cc(N2O[C@H](c3ccccc3)C=C[C@H]2c2ccccc2)nc(-c2ccc(Br)cc2)n1. The zero-order valence-electron chi connectivity index (χ0n) is 17.6. The molecular weight excluding hydrogens is 462 g/mol. The van der Waals surface area contributed by atoms with Crippen LogP contribution in [0.25, 0.3) is 11.4 Å². The largest absolute Gasteiger partial charge is 0.259 e. The zero-order chi connectivity index (χ0) is 21.9. The smallest absolute Gasteiger partial charge is 0.161 e. The van der Waals surface area contributed by atoms with Gasteiger partial charge in [0.15, 0.2) is 11.6 Å². The lowest BCUT2D eigenvalue weighted by atomic mass is 10.0. The maximum atomic E-state index is 6.54. The van der Waals surface area contributed by atoms with Gasteiger partial charge in [0.1, 0.15) is 12.1 Å². The third-order valence-electron chi connectivity index (χ3n) is 5.39. The van der Waals surface area contributed by atoms with E-state index in [1.165, 1.54) is 0 Å². The van der Waals surface area contributed by atoms with E-state index in [1.807, 2.05) is 78.7 Å². The topological polar surface area (TPSA) is 38.2 Å². The second kappa shape index (κ2) is 9.07. The highest BCUT2D eigenvalue weighted by molar-refractivity contribution is 9.10. The van der Waals surface area contributed by atoms with Crippen molar-refractivity contribution in [2.24, 2.45) is 0 Å². The number of aromatic nitrogens is 2. The van der Waals surface area contributed by atoms with Crippen LogP contribution in [0.4, 0.5) is 5.82 Å². The highest BCUT2D eigenvalue weighted by atomic mass is 79.9. The molecule has 0 unspecified atom stereocenters. The van der Waals surface area contributed by atoms with Crippen LogP contribution in [0.15, 0.2) is 108 Å². The minimum absolute atomic E-state index is 0.0942. The Morgan fingerprint density at radius 1 is 0.781 bits per heavy atom. The molecule has 0 bridgehead atoms. The summed E-state index contributed by atoms with van der Waals surface area (Å²) in [5.41, 5.74) is 4.08. The van der Waals surface area contributed by atoms with E-state index in [0.29, 0.717) is 5.82 Å². The number of rotatable bonds is 4. The lowest BCUT2D eigenvalue weighted by molar-refractivity contribution is 0.0386. The van der Waals surface area contributed by atoms with Crippen molar-refractivity contribution in [1.29, 1.82) is 0 Å². The number of nitrogens with zero attached hydrogens (tertiary/aromatic N) is 3. The molecule has 2 atom stereocenters. The average Bonchev–Trinajstić information content (AvgIpc) is 2.85. The Kier molecular flexibility index (Phi) is 5.84. The maximum Gasteiger partial charge on any atom is 0.161 e. The molecule has 4 aromatic rings. The summed E-state index contributed by atoms with van der Waals surface area (Å²) in [4.78, 5) is 16.1. The molecule has 1 aromatic heterocycles. The fraction of sp³-hybridized carbons (Fsp3) is 0.111. The fourth-order valence-corrected chi connectivity index (χ4v) is 4.07. The second-order valence-corrected chi connectivity index (χ2v) is 8.62. The Labute approximate surface area is 196 Å². The van der Waals surface area contributed by atoms with Gasteiger partial charge in [0.25, 0.3) is 0 Å². The molecule has 1 aliphatic rings. The third-order valence-corrected chi connectivity index (χ3v) is 5.91. The standard InChI is InChI=1S/C27H22BrN3O/c1-19-18-26(30-27(29-19)22-12-14-23(28)15-13-22)31-24(20-8-4-2-5-9-20)16-17-25(32-31)21-10-6-3-7-11-21/h2-18,24-25H,1H3/t24-,25-/m0/s1. The van der Waals surface area contributed by atoms with Crippen LogP contribution in [-0.4, -0.2) is 9.97 Å². The first-order valence-corrected chi connectivity index (χ1v) is 11.3. The monoisotopic (exact) mass is 483 g/mol. The lowest BCUT2D eigenvalue weighted by Gasteiger charge is -2.36. The van der Waals surface area contributed by atoms with Crippen LogP contribution in [0.3, 0.4) is 0 Å². The third kappa shape index (κ3) is 4.35. The summed E-state index contributed by atoms with van der Waals surface area (Å²) >= 11 is 3.50. The van der Waals surface area contributed by atoms with Gasteiger partial charge in [0.05, 0.1) is 0 Å². The molecule has 0 fully saturated rings. The normalized spacial score (nSPS) is 18.0. The van der Waals surface area contributed by atoms with Crippen molar-refractivity contribution in [3.05, 3.63) is 124 Å². The molecule has 0 radical (unpaired) electrons. The number of aryl methyl sites for hydroxylation is 1. The van der Waals surface area contributed by atoms with Crippen molar-refractivity contribution in [3.63, 3.8) is 0 Å². The lowest BCUT2D eigenvalue weighted by Crippen LogP contribution is -2.33. The van der Waals surface area contributed by atoms with Gasteiger partial charge in [-0.05, 0) is 30.2 Å². The van der Waals surface area contributed by atoms with Crippen LogP contribution in [0.5, 0.6) is 0 Å². The number of benzene rings is 3. The van der Waals surface area contributed by atoms with E-state index in [9.17, 15) is 0 Å². The Morgan fingerprint density at radius 3 is 2.12 bits per heavy atom. The van der Waals surface area contributed by atoms with E-state index in [-0.39, 0.29) is 12.1 Å². The van der Waals surface area contributed by atoms with Gasteiger partial charge in [0, 0.05) is 21.8 Å². The summed E-state index contributed by atoms with van der Waals surface area (Å²) in [6, 6.07) is 30.5. The molecule has 0 saturated carbocycles. The summed E-state index contributed by atoms with van der Waals surface area (Å²) in [6.07, 6.45) is 4.11. The molecule has 5 heteroatoms. The van der Waals surface area contributed by atoms with E-state index in [2.05, 4.69) is 57.3 Å². The molecule has 3 aromatic carbocycles. The summed E-state index contributed by atoms with van der Waals surface area (Å²) in [5, 5.41) is 1.91. The average molecular weight is 484 g/mol. The number of hydroxylamine groups is 1. The van der Waals surface area contributed by atoms with Crippen LogP contribution in [0.2, 0.25) is 0 Å². The summed E-state index contributed by atoms with van der Waals surface area (Å²) in [7, 11) is 0. The fourth-order valence-electron chi connectivity index (χ4n) is 3.81. The van der Waals surface area contributed by atoms with Crippen molar-refractivity contribution in [2.75, 3.05) is 5.06 Å². The van der Waals surface area contributed by atoms with Gasteiger partial charge in [-0.15, -0.1) is 0 Å². The number of halogens is 1. The van der Waals surface area contributed by atoms with Crippen LogP contribution >= 0.6 is 15.9 Å². The molecule has 0 aliphatic carbocycles. The summed E-state index contributed by atoms with van der Waals surface area (Å²) in [6.45, 7) is 1.99. The van der Waals surface area contributed by atoms with Crippen molar-refractivity contribution in [2.45, 2.75) is 19.1 Å². The van der Waals surface area contributed by atoms with E-state index in [0.717, 1.165) is 32.7 Å². The molecule has 4 nitrogen and oxygen atoms in total. The number of hydrogen-bond donors (Lipinski definition) is 0. The Balaban J connectivity index is 1.58. The van der Waals surface area contributed by atoms with Crippen molar-refractivity contribution in [1.82, 2.24) is 9.97 Å². The zero-order valence-corrected chi connectivity index (χ0v) is 19.2. The first kappa shape index (κ1) is 20.6. The first-order valence-electron chi connectivity index (χ1n) is 10.5. The molecular formula is C27H22BrN3O. The van der Waals surface area contributed by atoms with Gasteiger partial charge in [0.2, 0.25) is 0 Å². The van der Waals surface area contributed by atoms with Crippen LogP contribution in [0.1, 0.15) is 29.0 Å². The van der Waals surface area contributed by atoms with Gasteiger partial charge in [-0.2, -0.15) is 0 Å².